The first-order chi connectivity index (χ1) is 9.22. The van der Waals surface area contributed by atoms with Crippen molar-refractivity contribution in [2.75, 3.05) is 0 Å². The molecule has 0 saturated heterocycles. The van der Waals surface area contributed by atoms with Crippen LogP contribution in [0, 0.1) is 11.3 Å². The highest BCUT2D eigenvalue weighted by Gasteiger charge is 2.04. The topological polar surface area (TPSA) is 58.7 Å². The molecule has 0 unspecified atom stereocenters. The monoisotopic (exact) mass is 251 g/mol. The van der Waals surface area contributed by atoms with Crippen LogP contribution in [0.5, 0.6) is 0 Å². The van der Waals surface area contributed by atoms with Crippen molar-refractivity contribution in [2.24, 2.45) is 0 Å². The zero-order valence-electron chi connectivity index (χ0n) is 10.6. The zero-order valence-corrected chi connectivity index (χ0v) is 10.6. The smallest absolute Gasteiger partial charge is 0.189 e. The molecule has 0 aliphatic heterocycles. The molecule has 19 heavy (non-hydrogen) atoms. The Hall–Kier alpha value is -2.67. The Morgan fingerprint density at radius 2 is 2.37 bits per heavy atom. The Kier molecular flexibility index (Phi) is 3.89. The number of carbonyl (C=O) groups excluding carboxylic acids is 1. The van der Waals surface area contributed by atoms with Crippen LogP contribution < -0.4 is 0 Å². The first kappa shape index (κ1) is 12.8. The van der Waals surface area contributed by atoms with E-state index in [4.69, 9.17) is 5.26 Å². The molecule has 2 rings (SSSR count). The van der Waals surface area contributed by atoms with Crippen LogP contribution in [-0.2, 0) is 6.54 Å². The van der Waals surface area contributed by atoms with Gasteiger partial charge in [-0.2, -0.15) is 10.4 Å². The molecule has 0 aliphatic rings. The van der Waals surface area contributed by atoms with Gasteiger partial charge >= 0.3 is 0 Å². The molecule has 4 heteroatoms. The molecular weight excluding hydrogens is 238 g/mol. The van der Waals surface area contributed by atoms with E-state index in [1.54, 1.807) is 41.4 Å². The minimum Gasteiger partial charge on any atom is -0.289 e. The molecule has 0 saturated carbocycles. The molecule has 0 amide bonds. The number of hydrogen-bond acceptors (Lipinski definition) is 3. The van der Waals surface area contributed by atoms with Crippen molar-refractivity contribution in [3.05, 3.63) is 59.4 Å². The van der Waals surface area contributed by atoms with Gasteiger partial charge in [0.25, 0.3) is 0 Å². The number of aromatic nitrogens is 2. The van der Waals surface area contributed by atoms with Crippen LogP contribution in [0.2, 0.25) is 0 Å². The Bertz CT molecular complexity index is 662. The van der Waals surface area contributed by atoms with Gasteiger partial charge in [0.1, 0.15) is 0 Å². The van der Waals surface area contributed by atoms with Gasteiger partial charge in [0.2, 0.25) is 0 Å². The summed E-state index contributed by atoms with van der Waals surface area (Å²) in [4.78, 5) is 11.9. The maximum atomic E-state index is 11.9. The van der Waals surface area contributed by atoms with E-state index in [1.165, 1.54) is 6.08 Å². The third-order valence-corrected chi connectivity index (χ3v) is 2.68. The van der Waals surface area contributed by atoms with E-state index < -0.39 is 0 Å². The van der Waals surface area contributed by atoms with Gasteiger partial charge < -0.3 is 0 Å². The van der Waals surface area contributed by atoms with Gasteiger partial charge in [-0.1, -0.05) is 18.2 Å². The molecule has 0 aliphatic carbocycles. The normalized spacial score (nSPS) is 10.5. The highest BCUT2D eigenvalue weighted by atomic mass is 16.1. The summed E-state index contributed by atoms with van der Waals surface area (Å²) >= 11 is 0. The van der Waals surface area contributed by atoms with Gasteiger partial charge in [0.15, 0.2) is 5.78 Å². The predicted octanol–water partition coefficient (Wildman–Crippen LogP) is 2.67. The quantitative estimate of drug-likeness (QED) is 0.620. The van der Waals surface area contributed by atoms with Crippen LogP contribution in [0.25, 0.3) is 6.08 Å². The van der Waals surface area contributed by atoms with Gasteiger partial charge in [-0.15, -0.1) is 0 Å². The molecule has 1 aromatic carbocycles. The second kappa shape index (κ2) is 5.78. The third kappa shape index (κ3) is 3.17. The molecule has 0 N–H and O–H groups in total. The number of ketones is 1. The lowest BCUT2D eigenvalue weighted by atomic mass is 10.1. The van der Waals surface area contributed by atoms with E-state index in [1.807, 2.05) is 13.0 Å². The first-order valence-corrected chi connectivity index (χ1v) is 5.98. The number of nitrogens with zero attached hydrogens (tertiary/aromatic N) is 3. The Morgan fingerprint density at radius 3 is 3.05 bits per heavy atom. The average molecular weight is 251 g/mol. The number of carbonyl (C=O) groups is 1. The van der Waals surface area contributed by atoms with Crippen molar-refractivity contribution in [1.29, 1.82) is 5.26 Å². The van der Waals surface area contributed by atoms with E-state index in [9.17, 15) is 4.79 Å². The lowest BCUT2D eigenvalue weighted by Gasteiger charge is -1.94. The molecule has 94 valence electrons. The molecule has 0 fully saturated rings. The lowest BCUT2D eigenvalue weighted by Crippen LogP contribution is -1.94. The van der Waals surface area contributed by atoms with Gasteiger partial charge in [-0.05, 0) is 30.7 Å². The average Bonchev–Trinajstić information content (AvgIpc) is 2.94. The van der Waals surface area contributed by atoms with E-state index in [-0.39, 0.29) is 5.78 Å². The highest BCUT2D eigenvalue weighted by molar-refractivity contribution is 6.06. The van der Waals surface area contributed by atoms with Crippen molar-refractivity contribution in [3.8, 4) is 6.07 Å². The number of allylic oxidation sites excluding steroid dienone is 1. The van der Waals surface area contributed by atoms with Crippen LogP contribution in [0.4, 0.5) is 0 Å². The minimum absolute atomic E-state index is 0.0953. The summed E-state index contributed by atoms with van der Waals surface area (Å²) in [5.41, 5.74) is 1.97. The van der Waals surface area contributed by atoms with Crippen molar-refractivity contribution in [3.63, 3.8) is 0 Å². The molecule has 1 aromatic heterocycles. The Labute approximate surface area is 111 Å². The summed E-state index contributed by atoms with van der Waals surface area (Å²) in [6.45, 7) is 2.70. The zero-order chi connectivity index (χ0) is 13.7. The fourth-order valence-electron chi connectivity index (χ4n) is 1.64. The first-order valence-electron chi connectivity index (χ1n) is 5.98. The third-order valence-electron chi connectivity index (χ3n) is 2.68. The van der Waals surface area contributed by atoms with Gasteiger partial charge in [-0.3, -0.25) is 9.48 Å². The fourth-order valence-corrected chi connectivity index (χ4v) is 1.64. The molecule has 0 bridgehead atoms. The molecule has 0 spiro atoms. The van der Waals surface area contributed by atoms with Crippen LogP contribution in [0.1, 0.15) is 28.4 Å². The van der Waals surface area contributed by atoms with Crippen LogP contribution in [0.15, 0.2) is 42.7 Å². The predicted molar refractivity (Wildman–Crippen MR) is 72.4 cm³/mol. The van der Waals surface area contributed by atoms with Gasteiger partial charge in [-0.25, -0.2) is 0 Å². The van der Waals surface area contributed by atoms with Crippen LogP contribution in [0.3, 0.4) is 0 Å². The van der Waals surface area contributed by atoms with E-state index in [0.29, 0.717) is 11.1 Å². The van der Waals surface area contributed by atoms with Crippen molar-refractivity contribution >= 4 is 11.9 Å². The second-order valence-electron chi connectivity index (χ2n) is 4.02. The summed E-state index contributed by atoms with van der Waals surface area (Å²) in [7, 11) is 0. The Balaban J connectivity index is 2.13. The summed E-state index contributed by atoms with van der Waals surface area (Å²) < 4.78 is 1.71. The number of rotatable bonds is 4. The molecular formula is C15H13N3O. The number of hydrogen-bond donors (Lipinski definition) is 0. The maximum Gasteiger partial charge on any atom is 0.189 e. The van der Waals surface area contributed by atoms with Crippen molar-refractivity contribution < 1.29 is 4.79 Å². The number of benzene rings is 1. The number of aryl methyl sites for hydroxylation is 1. The molecule has 4 nitrogen and oxygen atoms in total. The highest BCUT2D eigenvalue weighted by Crippen LogP contribution is 2.08. The van der Waals surface area contributed by atoms with E-state index in [0.717, 1.165) is 12.1 Å². The van der Waals surface area contributed by atoms with Crippen molar-refractivity contribution in [2.45, 2.75) is 13.5 Å². The summed E-state index contributed by atoms with van der Waals surface area (Å²) in [5.74, 6) is -0.0953. The van der Waals surface area contributed by atoms with Gasteiger partial charge in [0.05, 0.1) is 23.4 Å². The molecule has 0 atom stereocenters. The summed E-state index contributed by atoms with van der Waals surface area (Å²) in [5, 5.41) is 12.9. The summed E-state index contributed by atoms with van der Waals surface area (Å²) in [6, 6.07) is 9.16. The van der Waals surface area contributed by atoms with Gasteiger partial charge in [0, 0.05) is 12.7 Å². The SMILES string of the molecule is CCn1cc(C(=O)/C=C\c2cccc(C#N)c2)cn1. The largest absolute Gasteiger partial charge is 0.289 e. The molecule has 2 aromatic rings. The van der Waals surface area contributed by atoms with Crippen molar-refractivity contribution in [1.82, 2.24) is 9.78 Å². The van der Waals surface area contributed by atoms with Crippen LogP contribution in [-0.4, -0.2) is 15.6 Å². The Morgan fingerprint density at radius 1 is 1.53 bits per heavy atom. The second-order valence-corrected chi connectivity index (χ2v) is 4.02. The standard InChI is InChI=1S/C15H13N3O/c1-2-18-11-14(10-17-18)15(19)7-6-12-4-3-5-13(8-12)9-16/h3-8,10-11H,2H2,1H3/b7-6-. The maximum absolute atomic E-state index is 11.9. The molecule has 1 heterocycles. The number of nitriles is 1. The molecule has 0 radical (unpaired) electrons. The minimum atomic E-state index is -0.0953. The summed E-state index contributed by atoms with van der Waals surface area (Å²) in [6.07, 6.45) is 6.47. The van der Waals surface area contributed by atoms with E-state index in [2.05, 4.69) is 11.2 Å². The van der Waals surface area contributed by atoms with Crippen LogP contribution >= 0.6 is 0 Å². The fraction of sp³-hybridized carbons (Fsp3) is 0.133. The lowest BCUT2D eigenvalue weighted by molar-refractivity contribution is 0.104. The van der Waals surface area contributed by atoms with E-state index >= 15 is 0 Å².